The van der Waals surface area contributed by atoms with Gasteiger partial charge in [-0.05, 0) is 30.3 Å². The van der Waals surface area contributed by atoms with Crippen molar-refractivity contribution in [2.24, 2.45) is 0 Å². The van der Waals surface area contributed by atoms with E-state index in [0.717, 1.165) is 47.9 Å². The molecule has 9 nitrogen and oxygen atoms in total. The number of alkyl halides is 3. The molecule has 0 spiro atoms. The number of hydrogen-bond acceptors (Lipinski definition) is 8. The number of aromatic nitrogens is 2. The molecule has 0 radical (unpaired) electrons. The van der Waals surface area contributed by atoms with Crippen LogP contribution in [-0.2, 0) is 16.0 Å². The number of nitrogens with zero attached hydrogens (tertiary/aromatic N) is 2. The molecule has 2 heterocycles. The first kappa shape index (κ1) is 25.1. The molecule has 0 saturated heterocycles. The van der Waals surface area contributed by atoms with Gasteiger partial charge >= 0.3 is 6.18 Å². The minimum Gasteiger partial charge on any atom is -0.382 e. The largest absolute Gasteiger partial charge is 0.417 e. The van der Waals surface area contributed by atoms with Crippen LogP contribution in [0.25, 0.3) is 10.2 Å². The highest BCUT2D eigenvalue weighted by molar-refractivity contribution is 7.90. The Kier molecular flexibility index (Phi) is 6.41. The van der Waals surface area contributed by atoms with Gasteiger partial charge in [-0.25, -0.2) is 18.4 Å². The zero-order chi connectivity index (χ0) is 26.3. The molecule has 0 atom stereocenters. The van der Waals surface area contributed by atoms with Gasteiger partial charge in [-0.1, -0.05) is 12.1 Å². The topological polar surface area (TPSA) is 144 Å². The van der Waals surface area contributed by atoms with Crippen LogP contribution < -0.4 is 16.4 Å². The third-order valence-corrected chi connectivity index (χ3v) is 7.13. The lowest BCUT2D eigenvalue weighted by atomic mass is 10.1. The van der Waals surface area contributed by atoms with Crippen LogP contribution in [0.15, 0.2) is 59.1 Å². The number of fused-ring (bicyclic) bond motifs is 1. The van der Waals surface area contributed by atoms with E-state index in [2.05, 4.69) is 20.6 Å². The van der Waals surface area contributed by atoms with Gasteiger partial charge in [0.25, 0.3) is 11.8 Å². The minimum atomic E-state index is -4.76. The summed E-state index contributed by atoms with van der Waals surface area (Å²) in [6.07, 6.45) is -2.66. The number of nitrogens with one attached hydrogen (secondary N) is 2. The lowest BCUT2D eigenvalue weighted by Gasteiger charge is -2.15. The average molecular weight is 536 g/mol. The van der Waals surface area contributed by atoms with Gasteiger partial charge < -0.3 is 16.4 Å². The van der Waals surface area contributed by atoms with Crippen LogP contribution in [0.2, 0.25) is 0 Å². The number of thiophene rings is 1. The van der Waals surface area contributed by atoms with Crippen molar-refractivity contribution in [3.63, 3.8) is 0 Å². The second-order valence-corrected chi connectivity index (χ2v) is 10.4. The van der Waals surface area contributed by atoms with Crippen molar-refractivity contribution in [1.82, 2.24) is 9.97 Å². The van der Waals surface area contributed by atoms with E-state index in [1.165, 1.54) is 23.8 Å². The SMILES string of the molecule is CS(=O)(=O)c1ccc(NC(=O)c2ccccc2C(F)(F)F)cc1NC(=O)c1csc2c(N)ncnc12. The Hall–Kier alpha value is -4.04. The molecule has 186 valence electrons. The van der Waals surface area contributed by atoms with Crippen LogP contribution in [0.5, 0.6) is 0 Å². The quantitative estimate of drug-likeness (QED) is 0.347. The molecule has 0 aliphatic heterocycles. The Morgan fingerprint density at radius 3 is 2.39 bits per heavy atom. The average Bonchev–Trinajstić information content (AvgIpc) is 3.23. The molecule has 14 heteroatoms. The number of nitrogens with two attached hydrogens (primary N) is 1. The predicted molar refractivity (Wildman–Crippen MR) is 129 cm³/mol. The first-order valence-electron chi connectivity index (χ1n) is 9.97. The number of carbonyl (C=O) groups is 2. The fraction of sp³-hybridized carbons (Fsp3) is 0.0909. The monoisotopic (exact) mass is 535 g/mol. The van der Waals surface area contributed by atoms with Gasteiger partial charge in [-0.2, -0.15) is 13.2 Å². The fourth-order valence-corrected chi connectivity index (χ4v) is 5.10. The molecular formula is C22H16F3N5O4S2. The smallest absolute Gasteiger partial charge is 0.382 e. The fourth-order valence-electron chi connectivity index (χ4n) is 3.38. The second-order valence-electron chi connectivity index (χ2n) is 7.52. The van der Waals surface area contributed by atoms with Crippen LogP contribution in [0.4, 0.5) is 30.4 Å². The highest BCUT2D eigenvalue weighted by atomic mass is 32.2. The third-order valence-electron chi connectivity index (χ3n) is 4.99. The zero-order valence-electron chi connectivity index (χ0n) is 18.3. The third kappa shape index (κ3) is 4.99. The molecule has 0 fully saturated rings. The highest BCUT2D eigenvalue weighted by Crippen LogP contribution is 2.33. The van der Waals surface area contributed by atoms with Crippen LogP contribution in [0.3, 0.4) is 0 Å². The molecule has 4 N–H and O–H groups in total. The van der Waals surface area contributed by atoms with E-state index in [4.69, 9.17) is 5.73 Å². The summed E-state index contributed by atoms with van der Waals surface area (Å²) in [5.41, 5.74) is 4.18. The summed E-state index contributed by atoms with van der Waals surface area (Å²) in [5, 5.41) is 6.27. The van der Waals surface area contributed by atoms with Gasteiger partial charge in [0.2, 0.25) is 0 Å². The molecule has 36 heavy (non-hydrogen) atoms. The van der Waals surface area contributed by atoms with E-state index in [1.54, 1.807) is 0 Å². The van der Waals surface area contributed by atoms with E-state index in [-0.39, 0.29) is 33.2 Å². The first-order chi connectivity index (χ1) is 16.9. The normalized spacial score (nSPS) is 11.9. The van der Waals surface area contributed by atoms with Gasteiger partial charge in [-0.15, -0.1) is 11.3 Å². The predicted octanol–water partition coefficient (Wildman–Crippen LogP) is 4.20. The summed E-state index contributed by atoms with van der Waals surface area (Å²) in [5.74, 6) is -1.61. The Labute approximate surface area is 206 Å². The Balaban J connectivity index is 1.69. The molecule has 0 aliphatic rings. The van der Waals surface area contributed by atoms with E-state index in [0.29, 0.717) is 4.70 Å². The summed E-state index contributed by atoms with van der Waals surface area (Å²) in [6.45, 7) is 0. The summed E-state index contributed by atoms with van der Waals surface area (Å²) in [7, 11) is -3.84. The van der Waals surface area contributed by atoms with Crippen LogP contribution in [-0.4, -0.2) is 36.5 Å². The lowest BCUT2D eigenvalue weighted by Crippen LogP contribution is -2.19. The molecule has 0 bridgehead atoms. The van der Waals surface area contributed by atoms with E-state index in [9.17, 15) is 31.2 Å². The van der Waals surface area contributed by atoms with Crippen LogP contribution >= 0.6 is 11.3 Å². The van der Waals surface area contributed by atoms with E-state index >= 15 is 0 Å². The number of halogens is 3. The molecule has 4 rings (SSSR count). The molecule has 0 unspecified atom stereocenters. The summed E-state index contributed by atoms with van der Waals surface area (Å²) in [6, 6.07) is 7.69. The summed E-state index contributed by atoms with van der Waals surface area (Å²) < 4.78 is 64.9. The lowest BCUT2D eigenvalue weighted by molar-refractivity contribution is -0.137. The highest BCUT2D eigenvalue weighted by Gasteiger charge is 2.35. The Morgan fingerprint density at radius 1 is 1.00 bits per heavy atom. The molecule has 0 aliphatic carbocycles. The number of carbonyl (C=O) groups excluding carboxylic acids is 2. The Bertz CT molecular complexity index is 1620. The number of anilines is 3. The maximum atomic E-state index is 13.3. The van der Waals surface area contributed by atoms with E-state index < -0.39 is 39.0 Å². The first-order valence-corrected chi connectivity index (χ1v) is 12.7. The van der Waals surface area contributed by atoms with E-state index in [1.807, 2.05) is 0 Å². The maximum Gasteiger partial charge on any atom is 0.417 e. The number of hydrogen-bond donors (Lipinski definition) is 3. The van der Waals surface area contributed by atoms with Crippen molar-refractivity contribution < 1.29 is 31.2 Å². The van der Waals surface area contributed by atoms with Gasteiger partial charge in [0, 0.05) is 17.3 Å². The minimum absolute atomic E-state index is 0.0403. The van der Waals surface area contributed by atoms with Gasteiger partial charge in [0.1, 0.15) is 12.1 Å². The molecular weight excluding hydrogens is 519 g/mol. The molecule has 2 amide bonds. The van der Waals surface area contributed by atoms with Crippen molar-refractivity contribution in [3.8, 4) is 0 Å². The summed E-state index contributed by atoms with van der Waals surface area (Å²) in [4.78, 5) is 33.2. The van der Waals surface area contributed by atoms with Crippen molar-refractivity contribution in [2.45, 2.75) is 11.1 Å². The van der Waals surface area contributed by atoms with Crippen molar-refractivity contribution in [3.05, 3.63) is 70.9 Å². The van der Waals surface area contributed by atoms with Crippen molar-refractivity contribution >= 4 is 60.4 Å². The number of nitrogen functional groups attached to an aromatic ring is 1. The summed E-state index contributed by atoms with van der Waals surface area (Å²) >= 11 is 1.12. The van der Waals surface area contributed by atoms with Crippen molar-refractivity contribution in [2.75, 3.05) is 22.6 Å². The maximum absolute atomic E-state index is 13.3. The molecule has 2 aromatic carbocycles. The second kappa shape index (κ2) is 9.20. The van der Waals surface area contributed by atoms with Crippen LogP contribution in [0, 0.1) is 0 Å². The number of sulfone groups is 1. The van der Waals surface area contributed by atoms with Gasteiger partial charge in [0.05, 0.1) is 37.5 Å². The Morgan fingerprint density at radius 2 is 1.69 bits per heavy atom. The number of benzene rings is 2. The van der Waals surface area contributed by atoms with Gasteiger partial charge in [-0.3, -0.25) is 9.59 Å². The molecule has 2 aromatic heterocycles. The molecule has 0 saturated carbocycles. The van der Waals surface area contributed by atoms with Gasteiger partial charge in [0.15, 0.2) is 9.84 Å². The standard InChI is InChI=1S/C22H16F3N5O4S2/c1-36(33,34)16-7-6-11(29-20(31)12-4-2-3-5-14(12)22(23,24)25)8-15(16)30-21(32)13-9-35-18-17(13)27-10-28-19(18)26/h2-10H,1H3,(H,29,31)(H,30,32)(H2,26,27,28). The number of rotatable bonds is 5. The molecule has 4 aromatic rings. The zero-order valence-corrected chi connectivity index (χ0v) is 19.9. The number of amides is 2. The van der Waals surface area contributed by atoms with Crippen molar-refractivity contribution in [1.29, 1.82) is 0 Å². The van der Waals surface area contributed by atoms with Crippen LogP contribution in [0.1, 0.15) is 26.3 Å².